The van der Waals surface area contributed by atoms with Crippen LogP contribution in [-0.2, 0) is 19.4 Å². The number of nitrogens with zero attached hydrogens (tertiary/aromatic N) is 1. The molecule has 30 heavy (non-hydrogen) atoms. The Morgan fingerprint density at radius 3 is 2.53 bits per heavy atom. The molecule has 0 radical (unpaired) electrons. The van der Waals surface area contributed by atoms with E-state index in [1.807, 2.05) is 6.08 Å². The molecular formula is C21H26N2O5S2. The SMILES string of the molecule is COC(=O)c1csc(NC(=O)/C(=C/CC2CCCC2)c2ccc(S(C)(=O)=O)cc2)n1.[HH]. The summed E-state index contributed by atoms with van der Waals surface area (Å²) in [6, 6.07) is 6.27. The summed E-state index contributed by atoms with van der Waals surface area (Å²) in [6.07, 6.45) is 8.54. The van der Waals surface area contributed by atoms with Crippen molar-refractivity contribution in [1.82, 2.24) is 4.98 Å². The van der Waals surface area contributed by atoms with E-state index in [1.54, 1.807) is 12.1 Å². The van der Waals surface area contributed by atoms with E-state index >= 15 is 0 Å². The summed E-state index contributed by atoms with van der Waals surface area (Å²) in [5, 5.41) is 4.54. The number of carbonyl (C=O) groups is 2. The zero-order valence-electron chi connectivity index (χ0n) is 16.9. The zero-order valence-corrected chi connectivity index (χ0v) is 18.5. The first-order valence-electron chi connectivity index (χ1n) is 9.64. The van der Waals surface area contributed by atoms with Gasteiger partial charge in [0.25, 0.3) is 5.91 Å². The van der Waals surface area contributed by atoms with Gasteiger partial charge in [0.05, 0.1) is 12.0 Å². The van der Waals surface area contributed by atoms with E-state index in [1.165, 1.54) is 37.5 Å². The molecule has 7 nitrogen and oxygen atoms in total. The number of ether oxygens (including phenoxy) is 1. The lowest BCUT2D eigenvalue weighted by molar-refractivity contribution is -0.111. The average molecular weight is 451 g/mol. The van der Waals surface area contributed by atoms with E-state index in [2.05, 4.69) is 15.0 Å². The van der Waals surface area contributed by atoms with Crippen LogP contribution in [0.2, 0.25) is 0 Å². The number of hydrogen-bond acceptors (Lipinski definition) is 7. The molecule has 1 aliphatic rings. The molecular weight excluding hydrogens is 424 g/mol. The van der Waals surface area contributed by atoms with Crippen molar-refractivity contribution in [1.29, 1.82) is 0 Å². The predicted molar refractivity (Wildman–Crippen MR) is 118 cm³/mol. The summed E-state index contributed by atoms with van der Waals surface area (Å²) in [5.41, 5.74) is 1.21. The van der Waals surface area contributed by atoms with Crippen LogP contribution in [-0.4, -0.2) is 38.6 Å². The van der Waals surface area contributed by atoms with Crippen molar-refractivity contribution in [2.45, 2.75) is 37.0 Å². The summed E-state index contributed by atoms with van der Waals surface area (Å²) < 4.78 is 28.1. The Balaban J connectivity index is 0.00000341. The highest BCUT2D eigenvalue weighted by atomic mass is 32.2. The van der Waals surface area contributed by atoms with Crippen LogP contribution in [0.1, 0.15) is 49.6 Å². The van der Waals surface area contributed by atoms with Gasteiger partial charge in [-0.1, -0.05) is 43.9 Å². The standard InChI is InChI=1S/C21H24N2O5S2.H2/c1-28-20(25)18-13-29-21(22-18)23-19(24)17(12-7-14-5-3-4-6-14)15-8-10-16(11-9-15)30(2,26)27;/h8-14H,3-7H2,1-2H3,(H,22,23,24);1H/b17-12+;. The highest BCUT2D eigenvalue weighted by molar-refractivity contribution is 7.90. The van der Waals surface area contributed by atoms with Gasteiger partial charge >= 0.3 is 5.97 Å². The number of benzene rings is 1. The topological polar surface area (TPSA) is 102 Å². The number of aromatic nitrogens is 1. The van der Waals surface area contributed by atoms with Crippen LogP contribution in [0.4, 0.5) is 5.13 Å². The molecule has 1 aliphatic carbocycles. The van der Waals surface area contributed by atoms with Crippen LogP contribution in [0.5, 0.6) is 0 Å². The molecule has 1 aromatic carbocycles. The fourth-order valence-electron chi connectivity index (χ4n) is 3.45. The van der Waals surface area contributed by atoms with Gasteiger partial charge in [-0.3, -0.25) is 10.1 Å². The smallest absolute Gasteiger partial charge is 0.357 e. The number of thiazole rings is 1. The molecule has 162 valence electrons. The molecule has 0 aliphatic heterocycles. The van der Waals surface area contributed by atoms with Crippen molar-refractivity contribution in [2.24, 2.45) is 5.92 Å². The molecule has 1 heterocycles. The third-order valence-electron chi connectivity index (χ3n) is 5.09. The summed E-state index contributed by atoms with van der Waals surface area (Å²) >= 11 is 1.13. The van der Waals surface area contributed by atoms with E-state index in [0.717, 1.165) is 36.9 Å². The van der Waals surface area contributed by atoms with E-state index in [4.69, 9.17) is 0 Å². The van der Waals surface area contributed by atoms with Gasteiger partial charge in [-0.25, -0.2) is 18.2 Å². The number of allylic oxidation sites excluding steroid dienone is 1. The van der Waals surface area contributed by atoms with Crippen molar-refractivity contribution in [3.05, 3.63) is 47.0 Å². The molecule has 1 aromatic heterocycles. The lowest BCUT2D eigenvalue weighted by Gasteiger charge is -2.11. The number of esters is 1. The van der Waals surface area contributed by atoms with E-state index in [9.17, 15) is 18.0 Å². The van der Waals surface area contributed by atoms with Crippen LogP contribution < -0.4 is 5.32 Å². The van der Waals surface area contributed by atoms with Crippen molar-refractivity contribution in [3.8, 4) is 0 Å². The van der Waals surface area contributed by atoms with Crippen molar-refractivity contribution in [2.75, 3.05) is 18.7 Å². The quantitative estimate of drug-likeness (QED) is 0.501. The van der Waals surface area contributed by atoms with Crippen LogP contribution in [0.15, 0.2) is 40.6 Å². The van der Waals surface area contributed by atoms with Gasteiger partial charge in [0, 0.05) is 18.6 Å². The molecule has 0 spiro atoms. The molecule has 9 heteroatoms. The Hall–Kier alpha value is -2.52. The maximum absolute atomic E-state index is 13.0. The van der Waals surface area contributed by atoms with Crippen LogP contribution in [0.25, 0.3) is 5.57 Å². The third kappa shape index (κ3) is 5.54. The maximum atomic E-state index is 13.0. The Kier molecular flexibility index (Phi) is 7.04. The van der Waals surface area contributed by atoms with Crippen molar-refractivity contribution < 1.29 is 24.2 Å². The molecule has 3 rings (SSSR count). The first-order valence-corrected chi connectivity index (χ1v) is 12.4. The number of anilines is 1. The Labute approximate surface area is 181 Å². The highest BCUT2D eigenvalue weighted by Gasteiger charge is 2.19. The van der Waals surface area contributed by atoms with Gasteiger partial charge < -0.3 is 4.74 Å². The van der Waals surface area contributed by atoms with Gasteiger partial charge in [0.15, 0.2) is 20.7 Å². The number of nitrogens with one attached hydrogen (secondary N) is 1. The van der Waals surface area contributed by atoms with Gasteiger partial charge in [-0.2, -0.15) is 0 Å². The third-order valence-corrected chi connectivity index (χ3v) is 6.97. The minimum atomic E-state index is -3.32. The van der Waals surface area contributed by atoms with Crippen LogP contribution >= 0.6 is 11.3 Å². The predicted octanol–water partition coefficient (Wildman–Crippen LogP) is 4.18. The van der Waals surface area contributed by atoms with E-state index in [0.29, 0.717) is 22.2 Å². The number of amides is 1. The Morgan fingerprint density at radius 1 is 1.27 bits per heavy atom. The molecule has 1 saturated carbocycles. The summed E-state index contributed by atoms with van der Waals surface area (Å²) in [7, 11) is -2.05. The maximum Gasteiger partial charge on any atom is 0.357 e. The van der Waals surface area contributed by atoms with Gasteiger partial charge in [-0.15, -0.1) is 11.3 Å². The molecule has 1 fully saturated rings. The fraction of sp³-hybridized carbons (Fsp3) is 0.381. The fourth-order valence-corrected chi connectivity index (χ4v) is 4.75. The van der Waals surface area contributed by atoms with Crippen molar-refractivity contribution in [3.63, 3.8) is 0 Å². The van der Waals surface area contributed by atoms with Crippen LogP contribution in [0, 0.1) is 5.92 Å². The normalized spacial score (nSPS) is 15.2. The number of sulfone groups is 1. The summed E-state index contributed by atoms with van der Waals surface area (Å²) in [4.78, 5) is 28.9. The summed E-state index contributed by atoms with van der Waals surface area (Å²) in [6.45, 7) is 0. The van der Waals surface area contributed by atoms with Crippen LogP contribution in [0.3, 0.4) is 0 Å². The van der Waals surface area contributed by atoms with Gasteiger partial charge in [-0.05, 0) is 30.0 Å². The van der Waals surface area contributed by atoms with Gasteiger partial charge in [0.1, 0.15) is 0 Å². The average Bonchev–Trinajstić information content (AvgIpc) is 3.39. The lowest BCUT2D eigenvalue weighted by atomic mass is 9.98. The highest BCUT2D eigenvalue weighted by Crippen LogP contribution is 2.30. The van der Waals surface area contributed by atoms with E-state index < -0.39 is 15.8 Å². The largest absolute Gasteiger partial charge is 0.464 e. The number of methoxy groups -OCH3 is 1. The first kappa shape index (κ1) is 22.2. The number of rotatable bonds is 7. The second kappa shape index (κ2) is 9.53. The lowest BCUT2D eigenvalue weighted by Crippen LogP contribution is -2.14. The minimum Gasteiger partial charge on any atom is -0.464 e. The number of carbonyl (C=O) groups excluding carboxylic acids is 2. The molecule has 0 atom stereocenters. The Bertz CT molecular complexity index is 1060. The summed E-state index contributed by atoms with van der Waals surface area (Å²) in [5.74, 6) is -0.375. The second-order valence-electron chi connectivity index (χ2n) is 7.28. The first-order chi connectivity index (χ1) is 14.3. The van der Waals surface area contributed by atoms with Gasteiger partial charge in [0.2, 0.25) is 0 Å². The minimum absolute atomic E-state index is 0. The monoisotopic (exact) mass is 450 g/mol. The molecule has 0 unspecified atom stereocenters. The van der Waals surface area contributed by atoms with Crippen molar-refractivity contribution >= 4 is 43.8 Å². The Morgan fingerprint density at radius 2 is 1.93 bits per heavy atom. The number of hydrogen-bond donors (Lipinski definition) is 1. The van der Waals surface area contributed by atoms with E-state index in [-0.39, 0.29) is 17.9 Å². The zero-order chi connectivity index (χ0) is 21.7. The second-order valence-corrected chi connectivity index (χ2v) is 10.2. The molecule has 2 aromatic rings. The molecule has 0 bridgehead atoms. The molecule has 1 N–H and O–H groups in total. The molecule has 0 saturated heterocycles. The molecule has 1 amide bonds.